The summed E-state index contributed by atoms with van der Waals surface area (Å²) in [6, 6.07) is 0. The van der Waals surface area contributed by atoms with Crippen LogP contribution in [0.25, 0.3) is 0 Å². The molecule has 0 bridgehead atoms. The third kappa shape index (κ3) is 4.90. The molecule has 1 fully saturated rings. The Morgan fingerprint density at radius 3 is 3.00 bits per heavy atom. The lowest BCUT2D eigenvalue weighted by molar-refractivity contribution is 0.368. The lowest BCUT2D eigenvalue weighted by atomic mass is 10.1. The summed E-state index contributed by atoms with van der Waals surface area (Å²) in [6.45, 7) is 9.44. The van der Waals surface area contributed by atoms with Crippen molar-refractivity contribution in [2.45, 2.75) is 38.9 Å². The molecule has 1 aliphatic rings. The minimum atomic E-state index is 0.689. The minimum Gasteiger partial charge on any atom is -0.356 e. The Hall–Kier alpha value is -1.24. The van der Waals surface area contributed by atoms with E-state index in [4.69, 9.17) is 4.52 Å². The van der Waals surface area contributed by atoms with Gasteiger partial charge < -0.3 is 14.7 Å². The number of rotatable bonds is 5. The Morgan fingerprint density at radius 1 is 1.55 bits per heavy atom. The summed E-state index contributed by atoms with van der Waals surface area (Å²) in [6.07, 6.45) is 1.76. The van der Waals surface area contributed by atoms with Crippen LogP contribution >= 0.6 is 11.8 Å². The van der Waals surface area contributed by atoms with Gasteiger partial charge in [-0.1, -0.05) is 19.0 Å². The fourth-order valence-electron chi connectivity index (χ4n) is 2.48. The van der Waals surface area contributed by atoms with Crippen LogP contribution in [-0.2, 0) is 6.42 Å². The number of aromatic nitrogens is 2. The van der Waals surface area contributed by atoms with Crippen molar-refractivity contribution in [2.24, 2.45) is 10.9 Å². The van der Waals surface area contributed by atoms with Crippen molar-refractivity contribution >= 4 is 17.7 Å². The third-order valence-electron chi connectivity index (χ3n) is 3.77. The van der Waals surface area contributed by atoms with Crippen molar-refractivity contribution in [3.8, 4) is 0 Å². The normalized spacial score (nSPS) is 19.8. The van der Waals surface area contributed by atoms with Crippen LogP contribution in [0.5, 0.6) is 0 Å². The Bertz CT molecular complexity index is 488. The van der Waals surface area contributed by atoms with E-state index >= 15 is 0 Å². The van der Waals surface area contributed by atoms with Gasteiger partial charge in [0, 0.05) is 44.1 Å². The largest absolute Gasteiger partial charge is 0.356 e. The van der Waals surface area contributed by atoms with E-state index in [0.717, 1.165) is 38.4 Å². The molecule has 0 aromatic carbocycles. The van der Waals surface area contributed by atoms with Crippen LogP contribution in [0.1, 0.15) is 32.0 Å². The molecule has 6 nitrogen and oxygen atoms in total. The van der Waals surface area contributed by atoms with Crippen molar-refractivity contribution in [3.05, 3.63) is 11.7 Å². The summed E-state index contributed by atoms with van der Waals surface area (Å²) in [5, 5.41) is 7.95. The second kappa shape index (κ2) is 8.41. The fourth-order valence-corrected chi connectivity index (χ4v) is 3.78. The van der Waals surface area contributed by atoms with Crippen LogP contribution in [0.2, 0.25) is 0 Å². The molecule has 2 rings (SSSR count). The van der Waals surface area contributed by atoms with E-state index in [9.17, 15) is 0 Å². The van der Waals surface area contributed by atoms with E-state index in [1.165, 1.54) is 5.75 Å². The van der Waals surface area contributed by atoms with Crippen LogP contribution in [-0.4, -0.2) is 58.7 Å². The first-order chi connectivity index (χ1) is 10.6. The highest BCUT2D eigenvalue weighted by Crippen LogP contribution is 2.24. The molecule has 1 saturated heterocycles. The average molecular weight is 325 g/mol. The van der Waals surface area contributed by atoms with Gasteiger partial charge >= 0.3 is 0 Å². The van der Waals surface area contributed by atoms with Gasteiger partial charge in [0.05, 0.1) is 0 Å². The Morgan fingerprint density at radius 2 is 2.36 bits per heavy atom. The van der Waals surface area contributed by atoms with Crippen molar-refractivity contribution in [3.63, 3.8) is 0 Å². The number of aryl methyl sites for hydroxylation is 2. The molecule has 0 amide bonds. The molecule has 0 saturated carbocycles. The minimum absolute atomic E-state index is 0.689. The lowest BCUT2D eigenvalue weighted by Crippen LogP contribution is -2.49. The van der Waals surface area contributed by atoms with Crippen LogP contribution in [0.3, 0.4) is 0 Å². The summed E-state index contributed by atoms with van der Waals surface area (Å²) in [7, 11) is 1.86. The van der Waals surface area contributed by atoms with Crippen molar-refractivity contribution in [1.82, 2.24) is 20.4 Å². The molecule has 1 unspecified atom stereocenters. The van der Waals surface area contributed by atoms with E-state index in [1.807, 2.05) is 14.0 Å². The summed E-state index contributed by atoms with van der Waals surface area (Å²) < 4.78 is 5.12. The van der Waals surface area contributed by atoms with E-state index in [-0.39, 0.29) is 0 Å². The van der Waals surface area contributed by atoms with Gasteiger partial charge in [-0.2, -0.15) is 16.7 Å². The molecule has 1 N–H and O–H groups in total. The van der Waals surface area contributed by atoms with E-state index in [1.54, 1.807) is 0 Å². The second-order valence-electron chi connectivity index (χ2n) is 5.91. The number of thioether (sulfide) groups is 1. The van der Waals surface area contributed by atoms with E-state index < -0.39 is 0 Å². The van der Waals surface area contributed by atoms with Crippen LogP contribution < -0.4 is 5.32 Å². The zero-order valence-electron chi connectivity index (χ0n) is 14.0. The van der Waals surface area contributed by atoms with Crippen molar-refractivity contribution in [1.29, 1.82) is 0 Å². The first kappa shape index (κ1) is 17.1. The summed E-state index contributed by atoms with van der Waals surface area (Å²) in [4.78, 5) is 11.0. The summed E-state index contributed by atoms with van der Waals surface area (Å²) in [5.74, 6) is 4.29. The van der Waals surface area contributed by atoms with Gasteiger partial charge in [0.15, 0.2) is 11.8 Å². The molecular formula is C15H27N5OS. The van der Waals surface area contributed by atoms with Gasteiger partial charge in [0.25, 0.3) is 0 Å². The number of aliphatic imine (C=N–C) groups is 1. The fraction of sp³-hybridized carbons (Fsp3) is 0.800. The molecule has 1 aromatic rings. The predicted octanol–water partition coefficient (Wildman–Crippen LogP) is 1.96. The molecule has 0 radical (unpaired) electrons. The van der Waals surface area contributed by atoms with Gasteiger partial charge in [-0.3, -0.25) is 4.99 Å². The Labute approximate surface area is 137 Å². The zero-order chi connectivity index (χ0) is 15.9. The number of hydrogen-bond acceptors (Lipinski definition) is 5. The molecular weight excluding hydrogens is 298 g/mol. The molecule has 22 heavy (non-hydrogen) atoms. The monoisotopic (exact) mass is 325 g/mol. The average Bonchev–Trinajstić information content (AvgIpc) is 2.93. The molecule has 0 aliphatic carbocycles. The molecule has 1 aromatic heterocycles. The first-order valence-corrected chi connectivity index (χ1v) is 9.01. The molecule has 124 valence electrons. The van der Waals surface area contributed by atoms with Crippen molar-refractivity contribution in [2.75, 3.05) is 32.4 Å². The van der Waals surface area contributed by atoms with Crippen LogP contribution in [0.4, 0.5) is 0 Å². The molecule has 7 heteroatoms. The standard InChI is InChI=1S/C15H27N5OS/c1-11(2)13-10-20(8-9-22-13)15(16-4)17-7-5-6-14-18-12(3)19-21-14/h11,13H,5-10H2,1-4H3,(H,16,17). The van der Waals surface area contributed by atoms with Gasteiger partial charge in [-0.05, 0) is 19.3 Å². The van der Waals surface area contributed by atoms with Crippen LogP contribution in [0, 0.1) is 12.8 Å². The number of nitrogens with one attached hydrogen (secondary N) is 1. The second-order valence-corrected chi connectivity index (χ2v) is 7.26. The quantitative estimate of drug-likeness (QED) is 0.507. The van der Waals surface area contributed by atoms with Crippen LogP contribution in [0.15, 0.2) is 9.52 Å². The topological polar surface area (TPSA) is 66.5 Å². The highest BCUT2D eigenvalue weighted by molar-refractivity contribution is 8.00. The zero-order valence-corrected chi connectivity index (χ0v) is 14.8. The smallest absolute Gasteiger partial charge is 0.226 e. The molecule has 1 atom stereocenters. The highest BCUT2D eigenvalue weighted by atomic mass is 32.2. The van der Waals surface area contributed by atoms with Gasteiger partial charge in [0.2, 0.25) is 5.89 Å². The first-order valence-electron chi connectivity index (χ1n) is 7.96. The van der Waals surface area contributed by atoms with Gasteiger partial charge in [-0.25, -0.2) is 0 Å². The molecule has 2 heterocycles. The SMILES string of the molecule is CN=C(NCCCc1nc(C)no1)N1CCSC(C(C)C)C1. The number of hydrogen-bond donors (Lipinski definition) is 1. The maximum atomic E-state index is 5.12. The van der Waals surface area contributed by atoms with E-state index in [2.05, 4.69) is 51.0 Å². The summed E-state index contributed by atoms with van der Waals surface area (Å²) >= 11 is 2.08. The third-order valence-corrected chi connectivity index (χ3v) is 5.31. The molecule has 0 spiro atoms. The van der Waals surface area contributed by atoms with Gasteiger partial charge in [-0.15, -0.1) is 0 Å². The van der Waals surface area contributed by atoms with E-state index in [0.29, 0.717) is 22.9 Å². The summed E-state index contributed by atoms with van der Waals surface area (Å²) in [5.41, 5.74) is 0. The van der Waals surface area contributed by atoms with Gasteiger partial charge in [0.1, 0.15) is 0 Å². The lowest BCUT2D eigenvalue weighted by Gasteiger charge is -2.36. The number of nitrogens with zero attached hydrogens (tertiary/aromatic N) is 4. The molecule has 1 aliphatic heterocycles. The maximum Gasteiger partial charge on any atom is 0.226 e. The maximum absolute atomic E-state index is 5.12. The Kier molecular flexibility index (Phi) is 6.54. The van der Waals surface area contributed by atoms with Crippen molar-refractivity contribution < 1.29 is 4.52 Å². The number of guanidine groups is 1. The predicted molar refractivity (Wildman–Crippen MR) is 91.4 cm³/mol. The Balaban J connectivity index is 1.75. The highest BCUT2D eigenvalue weighted by Gasteiger charge is 2.24.